The lowest BCUT2D eigenvalue weighted by Gasteiger charge is -2.11. The van der Waals surface area contributed by atoms with E-state index in [1.807, 2.05) is 0 Å². The summed E-state index contributed by atoms with van der Waals surface area (Å²) < 4.78 is 1.47. The molecule has 97 valence electrons. The Morgan fingerprint density at radius 1 is 1.47 bits per heavy atom. The SMILES string of the molecule is O=[C]c1c(O)c2cccnc2n(CCC2CC2)c1=O. The van der Waals surface area contributed by atoms with Crippen LogP contribution in [0.3, 0.4) is 0 Å². The molecule has 5 nitrogen and oxygen atoms in total. The third-order valence-corrected chi connectivity index (χ3v) is 3.55. The second kappa shape index (κ2) is 4.50. The van der Waals surface area contributed by atoms with E-state index in [1.54, 1.807) is 18.3 Å². The average Bonchev–Trinajstić information content (AvgIpc) is 3.23. The Bertz CT molecular complexity index is 702. The van der Waals surface area contributed by atoms with E-state index in [0.29, 0.717) is 23.5 Å². The van der Waals surface area contributed by atoms with E-state index in [0.717, 1.165) is 6.42 Å². The molecule has 0 bridgehead atoms. The van der Waals surface area contributed by atoms with Gasteiger partial charge in [-0.15, -0.1) is 0 Å². The number of rotatable bonds is 4. The largest absolute Gasteiger partial charge is 0.506 e. The lowest BCUT2D eigenvalue weighted by molar-refractivity contribution is 0.473. The average molecular weight is 257 g/mol. The standard InChI is InChI=1S/C14H13N2O3/c17-8-11-12(18)10-2-1-6-15-13(10)16(14(11)19)7-5-9-3-4-9/h1-2,6,9,18H,3-5,7H2. The first-order valence-electron chi connectivity index (χ1n) is 6.31. The predicted octanol–water partition coefficient (Wildman–Crippen LogP) is 1.36. The molecule has 0 saturated heterocycles. The molecule has 1 aliphatic rings. The van der Waals surface area contributed by atoms with Crippen LogP contribution in [0.1, 0.15) is 24.8 Å². The van der Waals surface area contributed by atoms with Gasteiger partial charge in [0, 0.05) is 12.7 Å². The molecule has 1 aliphatic carbocycles. The Kier molecular flexibility index (Phi) is 2.81. The van der Waals surface area contributed by atoms with Crippen LogP contribution in [0.5, 0.6) is 5.75 Å². The molecule has 0 aliphatic heterocycles. The summed E-state index contributed by atoms with van der Waals surface area (Å²) in [5.74, 6) is 0.342. The number of aromatic hydroxyl groups is 1. The van der Waals surface area contributed by atoms with Gasteiger partial charge in [-0.25, -0.2) is 4.98 Å². The Balaban J connectivity index is 2.21. The summed E-state index contributed by atoms with van der Waals surface area (Å²) in [4.78, 5) is 27.2. The van der Waals surface area contributed by atoms with Crippen LogP contribution in [-0.4, -0.2) is 20.9 Å². The van der Waals surface area contributed by atoms with Crippen molar-refractivity contribution in [3.05, 3.63) is 34.2 Å². The first kappa shape index (κ1) is 11.9. The maximum Gasteiger partial charge on any atom is 0.267 e. The zero-order valence-corrected chi connectivity index (χ0v) is 10.3. The highest BCUT2D eigenvalue weighted by molar-refractivity contribution is 5.91. The van der Waals surface area contributed by atoms with E-state index in [4.69, 9.17) is 0 Å². The zero-order chi connectivity index (χ0) is 13.4. The number of pyridine rings is 2. The molecule has 2 aromatic heterocycles. The molecule has 2 aromatic rings. The van der Waals surface area contributed by atoms with Crippen LogP contribution in [0.25, 0.3) is 11.0 Å². The van der Waals surface area contributed by atoms with E-state index in [2.05, 4.69) is 4.98 Å². The van der Waals surface area contributed by atoms with Crippen LogP contribution in [0, 0.1) is 5.92 Å². The van der Waals surface area contributed by atoms with Gasteiger partial charge in [0.1, 0.15) is 17.0 Å². The Morgan fingerprint density at radius 2 is 2.26 bits per heavy atom. The van der Waals surface area contributed by atoms with Gasteiger partial charge in [0.25, 0.3) is 5.56 Å². The molecule has 1 fully saturated rings. The second-order valence-electron chi connectivity index (χ2n) is 4.89. The number of nitrogens with zero attached hydrogens (tertiary/aromatic N) is 2. The molecule has 0 atom stereocenters. The topological polar surface area (TPSA) is 72.2 Å². The van der Waals surface area contributed by atoms with Crippen LogP contribution in [0.4, 0.5) is 0 Å². The van der Waals surface area contributed by atoms with Crippen LogP contribution >= 0.6 is 0 Å². The minimum absolute atomic E-state index is 0.309. The fourth-order valence-corrected chi connectivity index (χ4v) is 2.28. The van der Waals surface area contributed by atoms with Crippen LogP contribution in [0.2, 0.25) is 0 Å². The number of hydrogen-bond acceptors (Lipinski definition) is 4. The van der Waals surface area contributed by atoms with Crippen LogP contribution in [0.15, 0.2) is 23.1 Å². The summed E-state index contributed by atoms with van der Waals surface area (Å²) in [7, 11) is 0. The third-order valence-electron chi connectivity index (χ3n) is 3.55. The van der Waals surface area contributed by atoms with E-state index in [9.17, 15) is 14.7 Å². The van der Waals surface area contributed by atoms with Crippen molar-refractivity contribution in [2.75, 3.05) is 0 Å². The van der Waals surface area contributed by atoms with Crippen molar-refractivity contribution in [2.45, 2.75) is 25.8 Å². The minimum atomic E-state index is -0.514. The Morgan fingerprint density at radius 3 is 2.95 bits per heavy atom. The quantitative estimate of drug-likeness (QED) is 0.897. The van der Waals surface area contributed by atoms with Gasteiger partial charge < -0.3 is 5.11 Å². The minimum Gasteiger partial charge on any atom is -0.506 e. The Hall–Kier alpha value is -2.17. The van der Waals surface area contributed by atoms with Gasteiger partial charge in [-0.2, -0.15) is 0 Å². The molecule has 1 saturated carbocycles. The second-order valence-corrected chi connectivity index (χ2v) is 4.89. The van der Waals surface area contributed by atoms with Crippen molar-refractivity contribution in [1.29, 1.82) is 0 Å². The zero-order valence-electron chi connectivity index (χ0n) is 10.3. The molecule has 1 N–H and O–H groups in total. The highest BCUT2D eigenvalue weighted by Crippen LogP contribution is 2.33. The number of hydrogen-bond donors (Lipinski definition) is 1. The normalized spacial score (nSPS) is 14.7. The molecule has 2 heterocycles. The van der Waals surface area contributed by atoms with Crippen molar-refractivity contribution in [3.63, 3.8) is 0 Å². The van der Waals surface area contributed by atoms with Crippen molar-refractivity contribution >= 4 is 17.3 Å². The molecule has 19 heavy (non-hydrogen) atoms. The number of aromatic nitrogens is 2. The molecule has 5 heteroatoms. The van der Waals surface area contributed by atoms with Gasteiger partial charge in [0.2, 0.25) is 6.29 Å². The van der Waals surface area contributed by atoms with Crippen LogP contribution < -0.4 is 5.56 Å². The van der Waals surface area contributed by atoms with Gasteiger partial charge in [-0.1, -0.05) is 12.8 Å². The molecule has 3 rings (SSSR count). The van der Waals surface area contributed by atoms with Crippen molar-refractivity contribution in [2.24, 2.45) is 5.92 Å². The first-order chi connectivity index (χ1) is 9.22. The summed E-state index contributed by atoms with van der Waals surface area (Å²) >= 11 is 0. The van der Waals surface area contributed by atoms with Gasteiger partial charge in [0.15, 0.2) is 0 Å². The van der Waals surface area contributed by atoms with Crippen LogP contribution in [-0.2, 0) is 11.3 Å². The maximum absolute atomic E-state index is 12.2. The lowest BCUT2D eigenvalue weighted by Crippen LogP contribution is -2.25. The number of fused-ring (bicyclic) bond motifs is 1. The van der Waals surface area contributed by atoms with E-state index >= 15 is 0 Å². The van der Waals surface area contributed by atoms with Crippen molar-refractivity contribution in [1.82, 2.24) is 9.55 Å². The summed E-state index contributed by atoms with van der Waals surface area (Å²) in [5.41, 5.74) is -0.403. The fraction of sp³-hybridized carbons (Fsp3) is 0.357. The molecule has 1 radical (unpaired) electrons. The van der Waals surface area contributed by atoms with Gasteiger partial charge in [-0.3, -0.25) is 14.2 Å². The summed E-state index contributed by atoms with van der Waals surface area (Å²) in [6, 6.07) is 3.30. The molecule has 0 amide bonds. The maximum atomic E-state index is 12.2. The summed E-state index contributed by atoms with van der Waals surface area (Å²) in [5, 5.41) is 10.3. The van der Waals surface area contributed by atoms with Gasteiger partial charge >= 0.3 is 0 Å². The van der Waals surface area contributed by atoms with E-state index in [-0.39, 0.29) is 11.3 Å². The lowest BCUT2D eigenvalue weighted by atomic mass is 10.1. The fourth-order valence-electron chi connectivity index (χ4n) is 2.28. The van der Waals surface area contributed by atoms with Crippen molar-refractivity contribution < 1.29 is 9.90 Å². The number of aryl methyl sites for hydroxylation is 1. The smallest absolute Gasteiger partial charge is 0.267 e. The monoisotopic (exact) mass is 257 g/mol. The summed E-state index contributed by atoms with van der Waals surface area (Å²) in [6.07, 6.45) is 6.40. The molecular weight excluding hydrogens is 244 g/mol. The molecule has 0 unspecified atom stereocenters. The highest BCUT2D eigenvalue weighted by Gasteiger charge is 2.23. The predicted molar refractivity (Wildman–Crippen MR) is 69.8 cm³/mol. The summed E-state index contributed by atoms with van der Waals surface area (Å²) in [6.45, 7) is 0.520. The first-order valence-corrected chi connectivity index (χ1v) is 6.31. The highest BCUT2D eigenvalue weighted by atomic mass is 16.3. The van der Waals surface area contributed by atoms with E-state index < -0.39 is 5.56 Å². The molecule has 0 aromatic carbocycles. The van der Waals surface area contributed by atoms with E-state index in [1.165, 1.54) is 23.7 Å². The molecular formula is C14H13N2O3. The number of carbonyl (C=O) groups excluding carboxylic acids is 1. The van der Waals surface area contributed by atoms with Gasteiger partial charge in [0.05, 0.1) is 5.39 Å². The molecule has 0 spiro atoms. The Labute approximate surface area is 109 Å². The van der Waals surface area contributed by atoms with Crippen molar-refractivity contribution in [3.8, 4) is 5.75 Å². The van der Waals surface area contributed by atoms with Gasteiger partial charge in [-0.05, 0) is 24.5 Å². The third kappa shape index (κ3) is 2.01.